The van der Waals surface area contributed by atoms with Crippen molar-refractivity contribution in [3.8, 4) is 0 Å². The van der Waals surface area contributed by atoms with Crippen molar-refractivity contribution in [1.29, 1.82) is 0 Å². The van der Waals surface area contributed by atoms with Crippen LogP contribution < -0.4 is 5.73 Å². The fourth-order valence-electron chi connectivity index (χ4n) is 1.65. The SMILES string of the molecule is CCC(C)(C)C(N)Cc1c(Br)c(C)nn1C. The number of hydrogen-bond donors (Lipinski definition) is 1. The lowest BCUT2D eigenvalue weighted by molar-refractivity contribution is 0.269. The summed E-state index contributed by atoms with van der Waals surface area (Å²) in [6.45, 7) is 8.62. The summed E-state index contributed by atoms with van der Waals surface area (Å²) in [4.78, 5) is 0. The van der Waals surface area contributed by atoms with Gasteiger partial charge in [-0.25, -0.2) is 0 Å². The van der Waals surface area contributed by atoms with Gasteiger partial charge in [-0.2, -0.15) is 5.10 Å². The maximum absolute atomic E-state index is 6.28. The van der Waals surface area contributed by atoms with Crippen molar-refractivity contribution in [2.24, 2.45) is 18.2 Å². The molecule has 1 heterocycles. The van der Waals surface area contributed by atoms with Crippen molar-refractivity contribution in [2.45, 2.75) is 46.6 Å². The first-order chi connectivity index (χ1) is 7.29. The fraction of sp³-hybridized carbons (Fsp3) is 0.750. The third-order valence-corrected chi connectivity index (χ3v) is 4.62. The Morgan fingerprint density at radius 2 is 2.06 bits per heavy atom. The van der Waals surface area contributed by atoms with Gasteiger partial charge >= 0.3 is 0 Å². The van der Waals surface area contributed by atoms with E-state index in [9.17, 15) is 0 Å². The van der Waals surface area contributed by atoms with Crippen molar-refractivity contribution in [3.05, 3.63) is 15.9 Å². The van der Waals surface area contributed by atoms with Crippen LogP contribution in [0.25, 0.3) is 0 Å². The predicted molar refractivity (Wildman–Crippen MR) is 71.4 cm³/mol. The lowest BCUT2D eigenvalue weighted by Gasteiger charge is -2.30. The molecule has 1 aromatic heterocycles. The average molecular weight is 288 g/mol. The summed E-state index contributed by atoms with van der Waals surface area (Å²) in [5.74, 6) is 0. The van der Waals surface area contributed by atoms with E-state index in [2.05, 4.69) is 41.8 Å². The van der Waals surface area contributed by atoms with Gasteiger partial charge in [0.1, 0.15) is 0 Å². The standard InChI is InChI=1S/C12H22BrN3/c1-6-12(3,4)10(14)7-9-11(13)8(2)15-16(9)5/h10H,6-7,14H2,1-5H3. The molecule has 1 aromatic rings. The van der Waals surface area contributed by atoms with Crippen LogP contribution in [0.3, 0.4) is 0 Å². The van der Waals surface area contributed by atoms with Crippen molar-refractivity contribution in [1.82, 2.24) is 9.78 Å². The van der Waals surface area contributed by atoms with Crippen LogP contribution in [0, 0.1) is 12.3 Å². The molecule has 0 bridgehead atoms. The highest BCUT2D eigenvalue weighted by Gasteiger charge is 2.26. The zero-order valence-electron chi connectivity index (χ0n) is 10.8. The van der Waals surface area contributed by atoms with Crippen LogP contribution in [0.4, 0.5) is 0 Å². The lowest BCUT2D eigenvalue weighted by atomic mass is 9.80. The topological polar surface area (TPSA) is 43.8 Å². The summed E-state index contributed by atoms with van der Waals surface area (Å²) in [6, 6.07) is 0.156. The summed E-state index contributed by atoms with van der Waals surface area (Å²) in [6.07, 6.45) is 1.95. The van der Waals surface area contributed by atoms with Gasteiger partial charge < -0.3 is 5.73 Å². The number of nitrogens with zero attached hydrogens (tertiary/aromatic N) is 2. The third-order valence-electron chi connectivity index (χ3n) is 3.59. The molecule has 0 fully saturated rings. The van der Waals surface area contributed by atoms with E-state index in [0.29, 0.717) is 0 Å². The van der Waals surface area contributed by atoms with Crippen LogP contribution in [-0.2, 0) is 13.5 Å². The van der Waals surface area contributed by atoms with Gasteiger partial charge in [0.15, 0.2) is 0 Å². The van der Waals surface area contributed by atoms with Gasteiger partial charge in [0.2, 0.25) is 0 Å². The van der Waals surface area contributed by atoms with E-state index in [4.69, 9.17) is 5.73 Å². The molecule has 0 aromatic carbocycles. The van der Waals surface area contributed by atoms with Gasteiger partial charge in [-0.15, -0.1) is 0 Å². The first-order valence-electron chi connectivity index (χ1n) is 5.73. The molecule has 0 saturated heterocycles. The molecule has 0 spiro atoms. The molecule has 0 radical (unpaired) electrons. The Morgan fingerprint density at radius 3 is 2.44 bits per heavy atom. The van der Waals surface area contributed by atoms with E-state index in [0.717, 1.165) is 23.0 Å². The summed E-state index contributed by atoms with van der Waals surface area (Å²) >= 11 is 3.58. The molecule has 3 nitrogen and oxygen atoms in total. The minimum absolute atomic E-state index is 0.156. The van der Waals surface area contributed by atoms with Crippen LogP contribution in [0.1, 0.15) is 38.6 Å². The number of rotatable bonds is 4. The highest BCUT2D eigenvalue weighted by atomic mass is 79.9. The van der Waals surface area contributed by atoms with Gasteiger partial charge in [-0.05, 0) is 34.7 Å². The number of hydrogen-bond acceptors (Lipinski definition) is 2. The molecular weight excluding hydrogens is 266 g/mol. The van der Waals surface area contributed by atoms with E-state index in [1.54, 1.807) is 0 Å². The zero-order valence-corrected chi connectivity index (χ0v) is 12.4. The van der Waals surface area contributed by atoms with Gasteiger partial charge in [-0.1, -0.05) is 20.8 Å². The number of aromatic nitrogens is 2. The third kappa shape index (κ3) is 2.66. The minimum Gasteiger partial charge on any atom is -0.327 e. The molecule has 16 heavy (non-hydrogen) atoms. The lowest BCUT2D eigenvalue weighted by Crippen LogP contribution is -2.39. The quantitative estimate of drug-likeness (QED) is 0.926. The zero-order chi connectivity index (χ0) is 12.5. The van der Waals surface area contributed by atoms with Gasteiger partial charge in [-0.3, -0.25) is 4.68 Å². The number of aryl methyl sites for hydroxylation is 2. The van der Waals surface area contributed by atoms with E-state index < -0.39 is 0 Å². The summed E-state index contributed by atoms with van der Waals surface area (Å²) in [5, 5.41) is 4.39. The van der Waals surface area contributed by atoms with Crippen molar-refractivity contribution in [3.63, 3.8) is 0 Å². The Labute approximate surface area is 107 Å². The summed E-state index contributed by atoms with van der Waals surface area (Å²) in [7, 11) is 1.97. The fourth-order valence-corrected chi connectivity index (χ4v) is 2.15. The molecule has 0 aliphatic rings. The summed E-state index contributed by atoms with van der Waals surface area (Å²) in [5.41, 5.74) is 8.66. The highest BCUT2D eigenvalue weighted by molar-refractivity contribution is 9.10. The van der Waals surface area contributed by atoms with Crippen molar-refractivity contribution >= 4 is 15.9 Å². The molecule has 1 unspecified atom stereocenters. The molecule has 1 rings (SSSR count). The van der Waals surface area contributed by atoms with Crippen LogP contribution in [0.2, 0.25) is 0 Å². The average Bonchev–Trinajstić information content (AvgIpc) is 2.45. The Kier molecular flexibility index (Phi) is 4.18. The van der Waals surface area contributed by atoms with Gasteiger partial charge in [0.25, 0.3) is 0 Å². The Bertz CT molecular complexity index is 369. The number of nitrogens with two attached hydrogens (primary N) is 1. The van der Waals surface area contributed by atoms with E-state index in [-0.39, 0.29) is 11.5 Å². The van der Waals surface area contributed by atoms with Gasteiger partial charge in [0.05, 0.1) is 15.9 Å². The van der Waals surface area contributed by atoms with E-state index in [1.165, 1.54) is 5.69 Å². The van der Waals surface area contributed by atoms with E-state index in [1.807, 2.05) is 18.7 Å². The van der Waals surface area contributed by atoms with Crippen LogP contribution >= 0.6 is 15.9 Å². The summed E-state index contributed by atoms with van der Waals surface area (Å²) < 4.78 is 3.02. The molecule has 92 valence electrons. The monoisotopic (exact) mass is 287 g/mol. The molecular formula is C12H22BrN3. The Hall–Kier alpha value is -0.350. The Balaban J connectivity index is 2.89. The van der Waals surface area contributed by atoms with Crippen molar-refractivity contribution in [2.75, 3.05) is 0 Å². The second-order valence-electron chi connectivity index (χ2n) is 5.12. The van der Waals surface area contributed by atoms with Gasteiger partial charge in [0, 0.05) is 19.5 Å². The van der Waals surface area contributed by atoms with Crippen LogP contribution in [0.5, 0.6) is 0 Å². The highest BCUT2D eigenvalue weighted by Crippen LogP contribution is 2.28. The normalized spacial score (nSPS) is 14.2. The first-order valence-corrected chi connectivity index (χ1v) is 6.52. The maximum Gasteiger partial charge on any atom is 0.0738 e. The molecule has 0 aliphatic carbocycles. The molecule has 2 N–H and O–H groups in total. The predicted octanol–water partition coefficient (Wildman–Crippen LogP) is 2.80. The van der Waals surface area contributed by atoms with E-state index >= 15 is 0 Å². The maximum atomic E-state index is 6.28. The first kappa shape index (κ1) is 13.7. The Morgan fingerprint density at radius 1 is 1.50 bits per heavy atom. The second-order valence-corrected chi connectivity index (χ2v) is 5.92. The molecule has 0 amide bonds. The minimum atomic E-state index is 0.156. The molecule has 0 saturated carbocycles. The van der Waals surface area contributed by atoms with Crippen LogP contribution in [-0.4, -0.2) is 15.8 Å². The van der Waals surface area contributed by atoms with Crippen molar-refractivity contribution < 1.29 is 0 Å². The number of halogens is 1. The smallest absolute Gasteiger partial charge is 0.0738 e. The molecule has 1 atom stereocenters. The second kappa shape index (κ2) is 4.88. The molecule has 0 aliphatic heterocycles. The van der Waals surface area contributed by atoms with Crippen LogP contribution in [0.15, 0.2) is 4.47 Å². The molecule has 4 heteroatoms. The largest absolute Gasteiger partial charge is 0.327 e.